The van der Waals surface area contributed by atoms with Crippen LogP contribution in [0.25, 0.3) is 0 Å². The second-order valence-corrected chi connectivity index (χ2v) is 14.4. The summed E-state index contributed by atoms with van der Waals surface area (Å²) in [5.74, 6) is -0.0753. The van der Waals surface area contributed by atoms with Crippen LogP contribution in [0.2, 0.25) is 28.4 Å². The third-order valence-corrected chi connectivity index (χ3v) is 10.7. The van der Waals surface area contributed by atoms with Crippen LogP contribution in [-0.2, 0) is 4.43 Å². The maximum absolute atomic E-state index is 13.6. The Morgan fingerprint density at radius 3 is 2.34 bits per heavy atom. The molecule has 1 amide bonds. The van der Waals surface area contributed by atoms with Gasteiger partial charge in [0.05, 0.1) is 25.3 Å². The molecule has 0 unspecified atom stereocenters. The highest BCUT2D eigenvalue weighted by Crippen LogP contribution is 2.37. The monoisotopic (exact) mass is 494 g/mol. The molecule has 0 spiro atoms. The van der Waals surface area contributed by atoms with Gasteiger partial charge in [-0.3, -0.25) is 4.79 Å². The van der Waals surface area contributed by atoms with Gasteiger partial charge in [0.15, 0.2) is 8.32 Å². The van der Waals surface area contributed by atoms with Crippen LogP contribution < -0.4 is 9.64 Å². The number of rotatable bonds is 7. The Morgan fingerprint density at radius 2 is 1.84 bits per heavy atom. The maximum atomic E-state index is 13.6. The lowest BCUT2D eigenvalue weighted by Gasteiger charge is -2.39. The van der Waals surface area contributed by atoms with E-state index in [-0.39, 0.29) is 33.6 Å². The Bertz CT molecular complexity index is 1010. The summed E-state index contributed by atoms with van der Waals surface area (Å²) < 4.78 is 11.7. The van der Waals surface area contributed by atoms with Crippen molar-refractivity contribution in [2.24, 2.45) is 0 Å². The smallest absolute Gasteiger partial charge is 0.264 e. The van der Waals surface area contributed by atoms with E-state index in [1.807, 2.05) is 6.92 Å². The number of ether oxygens (including phenoxy) is 1. The molecule has 172 valence electrons. The molecule has 10 heteroatoms. The molecule has 1 aromatic carbocycles. The molecule has 0 aliphatic rings. The average Bonchev–Trinajstić information content (AvgIpc) is 2.70. The van der Waals surface area contributed by atoms with Gasteiger partial charge in [-0.25, -0.2) is 9.97 Å². The number of methoxy groups -OCH3 is 1. The summed E-state index contributed by atoms with van der Waals surface area (Å²) in [6.07, 6.45) is 0.894. The van der Waals surface area contributed by atoms with Gasteiger partial charge in [-0.1, -0.05) is 44.0 Å². The first-order chi connectivity index (χ1) is 14.8. The van der Waals surface area contributed by atoms with E-state index in [1.54, 1.807) is 18.2 Å². The molecular formula is C22H28Cl2N4O3Si. The molecule has 0 N–H and O–H groups in total. The zero-order valence-electron chi connectivity index (χ0n) is 19.4. The predicted molar refractivity (Wildman–Crippen MR) is 129 cm³/mol. The van der Waals surface area contributed by atoms with E-state index in [2.05, 4.69) is 49.9 Å². The SMILES string of the molecule is COc1ccc(N(C[C@@H](C)O[Si](C)(C)C(C)(C)C)C(=O)c2c(Cl)ncnc2Cl)cc1C#N. The first kappa shape index (κ1) is 26.1. The van der Waals surface area contributed by atoms with Crippen molar-refractivity contribution < 1.29 is 14.0 Å². The van der Waals surface area contributed by atoms with Gasteiger partial charge in [0, 0.05) is 5.69 Å². The van der Waals surface area contributed by atoms with Crippen LogP contribution in [0.1, 0.15) is 43.6 Å². The number of amides is 1. The number of carbonyl (C=O) groups is 1. The number of nitrogens with zero attached hydrogens (tertiary/aromatic N) is 4. The fourth-order valence-electron chi connectivity index (χ4n) is 2.89. The number of anilines is 1. The molecule has 1 heterocycles. The third-order valence-electron chi connectivity index (χ3n) is 5.57. The minimum Gasteiger partial charge on any atom is -0.495 e. The van der Waals surface area contributed by atoms with Gasteiger partial charge in [-0.05, 0) is 43.3 Å². The Morgan fingerprint density at radius 1 is 1.25 bits per heavy atom. The summed E-state index contributed by atoms with van der Waals surface area (Å²) in [6.45, 7) is 12.9. The fraction of sp³-hybridized carbons (Fsp3) is 0.455. The van der Waals surface area contributed by atoms with E-state index < -0.39 is 14.2 Å². The van der Waals surface area contributed by atoms with Gasteiger partial charge in [-0.15, -0.1) is 0 Å². The van der Waals surface area contributed by atoms with Crippen molar-refractivity contribution in [3.63, 3.8) is 0 Å². The van der Waals surface area contributed by atoms with Crippen LogP contribution in [0.4, 0.5) is 5.69 Å². The van der Waals surface area contributed by atoms with E-state index in [9.17, 15) is 10.1 Å². The van der Waals surface area contributed by atoms with Crippen molar-refractivity contribution in [1.29, 1.82) is 5.26 Å². The molecule has 1 aromatic heterocycles. The fourth-order valence-corrected chi connectivity index (χ4v) is 4.80. The summed E-state index contributed by atoms with van der Waals surface area (Å²) in [6, 6.07) is 7.01. The molecule has 7 nitrogen and oxygen atoms in total. The lowest BCUT2D eigenvalue weighted by atomic mass is 10.1. The molecular weight excluding hydrogens is 467 g/mol. The molecule has 0 fully saturated rings. The van der Waals surface area contributed by atoms with Crippen LogP contribution in [0.5, 0.6) is 5.75 Å². The van der Waals surface area contributed by atoms with E-state index in [1.165, 1.54) is 18.3 Å². The van der Waals surface area contributed by atoms with Gasteiger partial charge in [0.25, 0.3) is 5.91 Å². The minimum absolute atomic E-state index is 0.00404. The first-order valence-corrected chi connectivity index (χ1v) is 13.7. The molecule has 2 rings (SSSR count). The number of nitriles is 1. The normalized spacial score (nSPS) is 12.8. The van der Waals surface area contributed by atoms with Crippen molar-refractivity contribution in [3.8, 4) is 11.8 Å². The highest BCUT2D eigenvalue weighted by Gasteiger charge is 2.39. The van der Waals surface area contributed by atoms with E-state index in [4.69, 9.17) is 32.4 Å². The summed E-state index contributed by atoms with van der Waals surface area (Å²) >= 11 is 12.4. The Hall–Kier alpha value is -2.18. The lowest BCUT2D eigenvalue weighted by Crippen LogP contribution is -2.47. The second kappa shape index (κ2) is 10.2. The number of hydrogen-bond acceptors (Lipinski definition) is 6. The highest BCUT2D eigenvalue weighted by atomic mass is 35.5. The van der Waals surface area contributed by atoms with Crippen molar-refractivity contribution in [2.75, 3.05) is 18.6 Å². The first-order valence-electron chi connectivity index (χ1n) is 10.1. The Labute approximate surface area is 200 Å². The molecule has 0 bridgehead atoms. The predicted octanol–water partition coefficient (Wildman–Crippen LogP) is 5.72. The van der Waals surface area contributed by atoms with Gasteiger partial charge < -0.3 is 14.1 Å². The van der Waals surface area contributed by atoms with Crippen molar-refractivity contribution in [2.45, 2.75) is 51.9 Å². The topological polar surface area (TPSA) is 88.3 Å². The molecule has 0 radical (unpaired) electrons. The standard InChI is InChI=1S/C22H28Cl2N4O3Si/c1-14(31-32(6,7)22(2,3)4)12-28(16-8-9-17(30-5)15(10-16)11-25)21(29)18-19(23)26-13-27-20(18)24/h8-10,13-14H,12H2,1-7H3/t14-/m1/s1. The zero-order valence-corrected chi connectivity index (χ0v) is 21.9. The Kier molecular flexibility index (Phi) is 8.29. The van der Waals surface area contributed by atoms with Crippen LogP contribution in [0, 0.1) is 11.3 Å². The average molecular weight is 495 g/mol. The minimum atomic E-state index is -2.09. The van der Waals surface area contributed by atoms with Crippen molar-refractivity contribution in [1.82, 2.24) is 9.97 Å². The number of aromatic nitrogens is 2. The van der Waals surface area contributed by atoms with Gasteiger partial charge >= 0.3 is 0 Å². The Balaban J connectivity index is 2.51. The molecule has 0 aliphatic carbocycles. The molecule has 0 saturated heterocycles. The number of hydrogen-bond donors (Lipinski definition) is 0. The number of benzene rings is 1. The van der Waals surface area contributed by atoms with E-state index in [0.717, 1.165) is 0 Å². The lowest BCUT2D eigenvalue weighted by molar-refractivity contribution is 0.0969. The van der Waals surface area contributed by atoms with Crippen LogP contribution in [-0.4, -0.2) is 44.0 Å². The van der Waals surface area contributed by atoms with Crippen molar-refractivity contribution in [3.05, 3.63) is 46.0 Å². The number of halogens is 2. The van der Waals surface area contributed by atoms with E-state index in [0.29, 0.717) is 17.0 Å². The molecule has 0 saturated carbocycles. The molecule has 32 heavy (non-hydrogen) atoms. The van der Waals surface area contributed by atoms with Crippen LogP contribution >= 0.6 is 23.2 Å². The molecule has 2 aromatic rings. The van der Waals surface area contributed by atoms with Gasteiger partial charge in [0.1, 0.15) is 34.0 Å². The van der Waals surface area contributed by atoms with Crippen molar-refractivity contribution >= 4 is 43.1 Å². The maximum Gasteiger partial charge on any atom is 0.264 e. The third kappa shape index (κ3) is 5.78. The van der Waals surface area contributed by atoms with Gasteiger partial charge in [-0.2, -0.15) is 5.26 Å². The number of carbonyl (C=O) groups excluding carboxylic acids is 1. The largest absolute Gasteiger partial charge is 0.495 e. The molecule has 0 aliphatic heterocycles. The highest BCUT2D eigenvalue weighted by molar-refractivity contribution is 6.74. The molecule has 1 atom stereocenters. The summed E-state index contributed by atoms with van der Waals surface area (Å²) in [7, 11) is -0.610. The second-order valence-electron chi connectivity index (χ2n) is 8.93. The van der Waals surface area contributed by atoms with Gasteiger partial charge in [0.2, 0.25) is 0 Å². The summed E-state index contributed by atoms with van der Waals surface area (Å²) in [4.78, 5) is 22.8. The summed E-state index contributed by atoms with van der Waals surface area (Å²) in [5.41, 5.74) is 0.765. The van der Waals surface area contributed by atoms with Crippen LogP contribution in [0.15, 0.2) is 24.5 Å². The van der Waals surface area contributed by atoms with E-state index >= 15 is 0 Å². The van der Waals surface area contributed by atoms with Crippen LogP contribution in [0.3, 0.4) is 0 Å². The summed E-state index contributed by atoms with van der Waals surface area (Å²) in [5, 5.41) is 9.41. The zero-order chi connectivity index (χ0) is 24.3. The quantitative estimate of drug-likeness (QED) is 0.361.